The normalized spacial score (nSPS) is 17.7. The lowest BCUT2D eigenvalue weighted by atomic mass is 10.0. The van der Waals surface area contributed by atoms with E-state index in [1.54, 1.807) is 19.2 Å². The average Bonchev–Trinajstić information content (AvgIpc) is 3.34. The molecule has 2 heterocycles. The van der Waals surface area contributed by atoms with Crippen molar-refractivity contribution in [3.8, 4) is 5.75 Å². The second kappa shape index (κ2) is 9.06. The van der Waals surface area contributed by atoms with E-state index in [0.717, 1.165) is 41.3 Å². The van der Waals surface area contributed by atoms with Gasteiger partial charge in [0.1, 0.15) is 35.4 Å². The van der Waals surface area contributed by atoms with Gasteiger partial charge >= 0.3 is 11.7 Å². The molecule has 1 N–H and O–H groups in total. The predicted molar refractivity (Wildman–Crippen MR) is 129 cm³/mol. The number of aryl methyl sites for hydroxylation is 1. The van der Waals surface area contributed by atoms with Gasteiger partial charge in [0.15, 0.2) is 0 Å². The summed E-state index contributed by atoms with van der Waals surface area (Å²) in [5, 5.41) is 4.24. The first-order valence-corrected chi connectivity index (χ1v) is 11.7. The number of rotatable bonds is 6. The standard InChI is InChI=1S/C26H25ClN2O5/c1-3-32-24-20(29(2)26(31)28-23(24)15-8-5-4-6-9-15)14-33-22-13-21-18(12-19(22)27)16-10-7-11-17(16)25(30)34-21/h4-6,8-9,12-13,23H,3,7,10-11,14H2,1-2H3,(H,28,31). The number of hydrogen-bond acceptors (Lipinski definition) is 5. The second-order valence-electron chi connectivity index (χ2n) is 8.36. The topological polar surface area (TPSA) is 81.0 Å². The molecule has 0 fully saturated rings. The number of fused-ring (bicyclic) bond motifs is 3. The van der Waals surface area contributed by atoms with Gasteiger partial charge in [0.2, 0.25) is 0 Å². The average molecular weight is 481 g/mol. The van der Waals surface area contributed by atoms with Crippen molar-refractivity contribution in [2.45, 2.75) is 32.2 Å². The molecule has 34 heavy (non-hydrogen) atoms. The fourth-order valence-electron chi connectivity index (χ4n) is 4.65. The van der Waals surface area contributed by atoms with Crippen LogP contribution in [0.2, 0.25) is 5.02 Å². The van der Waals surface area contributed by atoms with Gasteiger partial charge in [-0.25, -0.2) is 9.59 Å². The molecule has 1 aliphatic heterocycles. The third-order valence-electron chi connectivity index (χ3n) is 6.35. The maximum Gasteiger partial charge on any atom is 0.339 e. The maximum absolute atomic E-state index is 12.7. The maximum atomic E-state index is 12.7. The van der Waals surface area contributed by atoms with E-state index in [1.165, 1.54) is 4.90 Å². The number of urea groups is 1. The molecule has 1 unspecified atom stereocenters. The number of hydrogen-bond donors (Lipinski definition) is 1. The van der Waals surface area contributed by atoms with E-state index >= 15 is 0 Å². The highest BCUT2D eigenvalue weighted by atomic mass is 35.5. The number of carbonyl (C=O) groups excluding carboxylic acids is 1. The Bertz CT molecular complexity index is 1350. The van der Waals surface area contributed by atoms with Gasteiger partial charge in [-0.2, -0.15) is 0 Å². The smallest absolute Gasteiger partial charge is 0.339 e. The van der Waals surface area contributed by atoms with Crippen LogP contribution in [0.5, 0.6) is 5.75 Å². The van der Waals surface area contributed by atoms with Gasteiger partial charge in [0, 0.05) is 24.1 Å². The zero-order valence-corrected chi connectivity index (χ0v) is 19.8. The monoisotopic (exact) mass is 480 g/mol. The molecule has 0 bridgehead atoms. The SMILES string of the molecule is CCOC1=C(COc2cc3oc(=O)c4c(c3cc2Cl)CCC4)N(C)C(=O)NC1c1ccccc1. The predicted octanol–water partition coefficient (Wildman–Crippen LogP) is 4.96. The fraction of sp³-hybridized carbons (Fsp3) is 0.308. The molecule has 1 aromatic heterocycles. The van der Waals surface area contributed by atoms with Crippen LogP contribution in [-0.4, -0.2) is 31.2 Å². The minimum Gasteiger partial charge on any atom is -0.494 e. The molecule has 7 nitrogen and oxygen atoms in total. The van der Waals surface area contributed by atoms with Crippen molar-refractivity contribution >= 4 is 28.6 Å². The van der Waals surface area contributed by atoms with Gasteiger partial charge in [0.25, 0.3) is 0 Å². The summed E-state index contributed by atoms with van der Waals surface area (Å²) >= 11 is 6.56. The Balaban J connectivity index is 1.51. The summed E-state index contributed by atoms with van der Waals surface area (Å²) in [6.07, 6.45) is 2.49. The Labute approximate surface area is 201 Å². The summed E-state index contributed by atoms with van der Waals surface area (Å²) in [5.41, 5.74) is 3.39. The number of benzene rings is 2. The van der Waals surface area contributed by atoms with Crippen LogP contribution in [0.1, 0.15) is 36.1 Å². The molecular formula is C26H25ClN2O5. The lowest BCUT2D eigenvalue weighted by molar-refractivity contribution is 0.149. The third kappa shape index (κ3) is 3.90. The van der Waals surface area contributed by atoms with Crippen molar-refractivity contribution < 1.29 is 18.7 Å². The van der Waals surface area contributed by atoms with Crippen LogP contribution in [-0.2, 0) is 17.6 Å². The molecule has 176 valence electrons. The van der Waals surface area contributed by atoms with E-state index in [2.05, 4.69) is 5.32 Å². The van der Waals surface area contributed by atoms with Gasteiger partial charge in [-0.15, -0.1) is 0 Å². The van der Waals surface area contributed by atoms with Gasteiger partial charge in [-0.3, -0.25) is 4.90 Å². The van der Waals surface area contributed by atoms with Crippen LogP contribution in [0.3, 0.4) is 0 Å². The number of nitrogens with zero attached hydrogens (tertiary/aromatic N) is 1. The van der Waals surface area contributed by atoms with Crippen LogP contribution < -0.4 is 15.7 Å². The molecule has 2 amide bonds. The van der Waals surface area contributed by atoms with Gasteiger partial charge in [-0.05, 0) is 43.4 Å². The first-order chi connectivity index (χ1) is 16.5. The first kappa shape index (κ1) is 22.3. The molecule has 2 aromatic carbocycles. The van der Waals surface area contributed by atoms with Crippen molar-refractivity contribution in [1.29, 1.82) is 0 Å². The lowest BCUT2D eigenvalue weighted by Gasteiger charge is -2.34. The Morgan fingerprint density at radius 1 is 1.12 bits per heavy atom. The molecule has 0 saturated carbocycles. The highest BCUT2D eigenvalue weighted by Crippen LogP contribution is 2.36. The molecule has 1 atom stereocenters. The molecule has 3 aromatic rings. The number of carbonyl (C=O) groups is 1. The largest absolute Gasteiger partial charge is 0.494 e. The van der Waals surface area contributed by atoms with Crippen LogP contribution in [0.4, 0.5) is 4.79 Å². The van der Waals surface area contributed by atoms with Gasteiger partial charge < -0.3 is 19.2 Å². The van der Waals surface area contributed by atoms with Crippen LogP contribution in [0.15, 0.2) is 63.1 Å². The first-order valence-electron chi connectivity index (χ1n) is 11.3. The van der Waals surface area contributed by atoms with Crippen molar-refractivity contribution in [3.63, 3.8) is 0 Å². The van der Waals surface area contributed by atoms with E-state index in [4.69, 9.17) is 25.5 Å². The Morgan fingerprint density at radius 3 is 2.65 bits per heavy atom. The number of ether oxygens (including phenoxy) is 2. The van der Waals surface area contributed by atoms with Crippen LogP contribution in [0, 0.1) is 0 Å². The van der Waals surface area contributed by atoms with Crippen molar-refractivity contribution in [2.75, 3.05) is 20.3 Å². The minimum atomic E-state index is -0.434. The molecule has 0 radical (unpaired) electrons. The number of halogens is 1. The van der Waals surface area contributed by atoms with E-state index in [0.29, 0.717) is 34.4 Å². The highest BCUT2D eigenvalue weighted by Gasteiger charge is 2.34. The van der Waals surface area contributed by atoms with E-state index < -0.39 is 6.04 Å². The van der Waals surface area contributed by atoms with E-state index in [1.807, 2.05) is 37.3 Å². The number of amides is 2. The minimum absolute atomic E-state index is 0.0446. The van der Waals surface area contributed by atoms with Crippen LogP contribution >= 0.6 is 11.6 Å². The quantitative estimate of drug-likeness (QED) is 0.504. The Kier molecular flexibility index (Phi) is 5.96. The summed E-state index contributed by atoms with van der Waals surface area (Å²) in [6, 6.07) is 12.4. The molecular weight excluding hydrogens is 456 g/mol. The molecule has 2 aliphatic rings. The molecule has 0 saturated heterocycles. The zero-order chi connectivity index (χ0) is 23.8. The third-order valence-corrected chi connectivity index (χ3v) is 6.64. The number of nitrogens with one attached hydrogen (secondary N) is 1. The molecule has 1 aliphatic carbocycles. The Hall–Kier alpha value is -3.45. The summed E-state index contributed by atoms with van der Waals surface area (Å²) in [4.78, 5) is 26.6. The number of likely N-dealkylation sites (N-methyl/N-ethyl adjacent to an activating group) is 1. The molecule has 0 spiro atoms. The fourth-order valence-corrected chi connectivity index (χ4v) is 4.87. The van der Waals surface area contributed by atoms with E-state index in [9.17, 15) is 9.59 Å². The Morgan fingerprint density at radius 2 is 1.88 bits per heavy atom. The van der Waals surface area contributed by atoms with Crippen molar-refractivity contribution in [2.24, 2.45) is 0 Å². The van der Waals surface area contributed by atoms with Crippen molar-refractivity contribution in [3.05, 3.63) is 86.1 Å². The van der Waals surface area contributed by atoms with Crippen molar-refractivity contribution in [1.82, 2.24) is 10.2 Å². The van der Waals surface area contributed by atoms with Gasteiger partial charge in [0.05, 0.1) is 11.6 Å². The van der Waals surface area contributed by atoms with E-state index in [-0.39, 0.29) is 18.3 Å². The summed E-state index contributed by atoms with van der Waals surface area (Å²) in [7, 11) is 1.67. The summed E-state index contributed by atoms with van der Waals surface area (Å²) < 4.78 is 17.6. The van der Waals surface area contributed by atoms with Gasteiger partial charge in [-0.1, -0.05) is 41.9 Å². The summed E-state index contributed by atoms with van der Waals surface area (Å²) in [5.74, 6) is 0.978. The second-order valence-corrected chi connectivity index (χ2v) is 8.77. The van der Waals surface area contributed by atoms with Crippen LogP contribution in [0.25, 0.3) is 11.0 Å². The summed E-state index contributed by atoms with van der Waals surface area (Å²) in [6.45, 7) is 2.37. The molecule has 8 heteroatoms. The highest BCUT2D eigenvalue weighted by molar-refractivity contribution is 6.32. The lowest BCUT2D eigenvalue weighted by Crippen LogP contribution is -2.46. The molecule has 5 rings (SSSR count). The zero-order valence-electron chi connectivity index (χ0n) is 19.0.